The van der Waals surface area contributed by atoms with Gasteiger partial charge >= 0.3 is 6.09 Å². The summed E-state index contributed by atoms with van der Waals surface area (Å²) in [6, 6.07) is 7.75. The van der Waals surface area contributed by atoms with Crippen molar-refractivity contribution in [2.75, 3.05) is 33.0 Å². The summed E-state index contributed by atoms with van der Waals surface area (Å²) < 4.78 is 5.24. The fourth-order valence-electron chi connectivity index (χ4n) is 1.53. The van der Waals surface area contributed by atoms with Crippen molar-refractivity contribution in [3.05, 3.63) is 29.8 Å². The van der Waals surface area contributed by atoms with E-state index in [1.807, 2.05) is 66.2 Å². The summed E-state index contributed by atoms with van der Waals surface area (Å²) in [6.07, 6.45) is 0.446. The highest BCUT2D eigenvalue weighted by atomic mass is 16.6. The third-order valence-corrected chi connectivity index (χ3v) is 2.58. The lowest BCUT2D eigenvalue weighted by atomic mass is 10.1. The Morgan fingerprint density at radius 1 is 1.30 bits per heavy atom. The van der Waals surface area contributed by atoms with Gasteiger partial charge in [0.1, 0.15) is 5.60 Å². The second-order valence-corrected chi connectivity index (χ2v) is 6.13. The number of carbonyl (C=O) groups is 1. The number of hydrazone groups is 1. The number of hydrogen-bond acceptors (Lipinski definition) is 5. The quantitative estimate of drug-likeness (QED) is 0.646. The van der Waals surface area contributed by atoms with Crippen molar-refractivity contribution in [2.45, 2.75) is 32.8 Å². The molecular weight excluding hydrogens is 292 g/mol. The number of likely N-dealkylation sites (N-methyl/N-ethyl adjacent to an activating group) is 1. The van der Waals surface area contributed by atoms with Gasteiger partial charge in [-0.05, 0) is 52.4 Å². The first-order chi connectivity index (χ1) is 10.7. The second-order valence-electron chi connectivity index (χ2n) is 6.13. The Morgan fingerprint density at radius 3 is 2.35 bits per heavy atom. The Hall–Kier alpha value is -2.08. The smallest absolute Gasteiger partial charge is 0.412 e. The molecule has 0 aliphatic rings. The Balaban J connectivity index is 0.000000841. The number of para-hydroxylation sites is 1. The van der Waals surface area contributed by atoms with E-state index in [0.29, 0.717) is 0 Å². The van der Waals surface area contributed by atoms with E-state index >= 15 is 0 Å². The van der Waals surface area contributed by atoms with Gasteiger partial charge in [0.05, 0.1) is 0 Å². The number of rotatable bonds is 5. The first-order valence-electron chi connectivity index (χ1n) is 7.56. The zero-order valence-electron chi connectivity index (χ0n) is 15.1. The van der Waals surface area contributed by atoms with E-state index in [1.54, 1.807) is 5.01 Å². The van der Waals surface area contributed by atoms with Gasteiger partial charge in [0.2, 0.25) is 0 Å². The van der Waals surface area contributed by atoms with Crippen LogP contribution < -0.4 is 10.6 Å². The van der Waals surface area contributed by atoms with Crippen LogP contribution in [-0.2, 0) is 11.2 Å². The van der Waals surface area contributed by atoms with E-state index in [2.05, 4.69) is 22.5 Å². The molecule has 1 rings (SSSR count). The molecule has 0 fully saturated rings. The van der Waals surface area contributed by atoms with Crippen molar-refractivity contribution in [3.8, 4) is 0 Å². The number of anilines is 1. The Labute approximate surface area is 139 Å². The van der Waals surface area contributed by atoms with Crippen molar-refractivity contribution in [1.29, 1.82) is 0 Å². The zero-order valence-corrected chi connectivity index (χ0v) is 15.1. The normalized spacial score (nSPS) is 10.2. The maximum Gasteiger partial charge on any atom is 0.412 e. The minimum Gasteiger partial charge on any atom is -0.444 e. The van der Waals surface area contributed by atoms with E-state index in [0.717, 1.165) is 24.2 Å². The number of benzene rings is 1. The van der Waals surface area contributed by atoms with Crippen molar-refractivity contribution in [3.63, 3.8) is 0 Å². The Kier molecular flexibility index (Phi) is 9.65. The van der Waals surface area contributed by atoms with Gasteiger partial charge in [-0.2, -0.15) is 5.10 Å². The fraction of sp³-hybridized carbons (Fsp3) is 0.529. The molecule has 130 valence electrons. The average Bonchev–Trinajstić information content (AvgIpc) is 2.45. The molecule has 0 atom stereocenters. The molecule has 2 N–H and O–H groups in total. The Bertz CT molecular complexity index is 482. The molecule has 6 nitrogen and oxygen atoms in total. The summed E-state index contributed by atoms with van der Waals surface area (Å²) in [5.74, 6) is 0. The van der Waals surface area contributed by atoms with E-state index in [1.165, 1.54) is 0 Å². The molecule has 0 spiro atoms. The monoisotopic (exact) mass is 322 g/mol. The van der Waals surface area contributed by atoms with Crippen molar-refractivity contribution >= 4 is 18.5 Å². The lowest BCUT2D eigenvalue weighted by molar-refractivity contribution is 0.0636. The molecule has 0 saturated heterocycles. The van der Waals surface area contributed by atoms with Crippen molar-refractivity contribution in [2.24, 2.45) is 5.10 Å². The van der Waals surface area contributed by atoms with Crippen LogP contribution in [0, 0.1) is 0 Å². The summed E-state index contributed by atoms with van der Waals surface area (Å²) >= 11 is 0. The van der Waals surface area contributed by atoms with Crippen LogP contribution in [0.25, 0.3) is 0 Å². The number of hydrogen-bond donors (Lipinski definition) is 2. The van der Waals surface area contributed by atoms with Crippen LogP contribution in [0.2, 0.25) is 0 Å². The van der Waals surface area contributed by atoms with Gasteiger partial charge in [-0.25, -0.2) is 4.79 Å². The molecule has 0 aliphatic carbocycles. The van der Waals surface area contributed by atoms with Crippen LogP contribution in [-0.4, -0.2) is 51.1 Å². The molecule has 23 heavy (non-hydrogen) atoms. The molecule has 0 radical (unpaired) electrons. The predicted molar refractivity (Wildman–Crippen MR) is 97.2 cm³/mol. The number of ether oxygens (including phenoxy) is 1. The van der Waals surface area contributed by atoms with Crippen molar-refractivity contribution < 1.29 is 9.53 Å². The van der Waals surface area contributed by atoms with Crippen LogP contribution in [0.1, 0.15) is 26.3 Å². The molecule has 0 bridgehead atoms. The van der Waals surface area contributed by atoms with E-state index in [4.69, 9.17) is 4.74 Å². The highest BCUT2D eigenvalue weighted by molar-refractivity contribution is 5.85. The minimum atomic E-state index is -0.482. The van der Waals surface area contributed by atoms with Gasteiger partial charge in [-0.3, -0.25) is 5.32 Å². The van der Waals surface area contributed by atoms with Crippen LogP contribution in [0.3, 0.4) is 0 Å². The summed E-state index contributed by atoms with van der Waals surface area (Å²) in [7, 11) is 5.56. The summed E-state index contributed by atoms with van der Waals surface area (Å²) in [6.45, 7) is 9.64. The SMILES string of the molecule is C=NN(C)C.CNCCc1ccccc1NC(=O)OC(C)(C)C. The summed E-state index contributed by atoms with van der Waals surface area (Å²) in [5, 5.41) is 11.0. The van der Waals surface area contributed by atoms with E-state index < -0.39 is 11.7 Å². The average molecular weight is 322 g/mol. The maximum atomic E-state index is 11.7. The second kappa shape index (κ2) is 10.6. The van der Waals surface area contributed by atoms with Gasteiger partial charge < -0.3 is 15.1 Å². The number of nitrogens with zero attached hydrogens (tertiary/aromatic N) is 2. The maximum absolute atomic E-state index is 11.7. The highest BCUT2D eigenvalue weighted by Gasteiger charge is 2.16. The Morgan fingerprint density at radius 2 is 1.87 bits per heavy atom. The molecule has 0 aliphatic heterocycles. The molecule has 1 aromatic carbocycles. The highest BCUT2D eigenvalue weighted by Crippen LogP contribution is 2.17. The van der Waals surface area contributed by atoms with Crippen LogP contribution in [0.4, 0.5) is 10.5 Å². The molecule has 0 heterocycles. The van der Waals surface area contributed by atoms with Crippen LogP contribution in [0.5, 0.6) is 0 Å². The van der Waals surface area contributed by atoms with Gasteiger partial charge in [0.25, 0.3) is 0 Å². The molecule has 0 unspecified atom stereocenters. The molecule has 1 amide bonds. The minimum absolute atomic E-state index is 0.417. The summed E-state index contributed by atoms with van der Waals surface area (Å²) in [5.41, 5.74) is 1.42. The number of nitrogens with one attached hydrogen (secondary N) is 2. The fourth-order valence-corrected chi connectivity index (χ4v) is 1.53. The third kappa shape index (κ3) is 11.2. The number of carbonyl (C=O) groups excluding carboxylic acids is 1. The molecule has 1 aromatic rings. The topological polar surface area (TPSA) is 66.0 Å². The van der Waals surface area contributed by atoms with Gasteiger partial charge in [0, 0.05) is 26.5 Å². The van der Waals surface area contributed by atoms with Gasteiger partial charge in [0.15, 0.2) is 0 Å². The van der Waals surface area contributed by atoms with Crippen LogP contribution >= 0.6 is 0 Å². The predicted octanol–water partition coefficient (Wildman–Crippen LogP) is 2.96. The van der Waals surface area contributed by atoms with Gasteiger partial charge in [-0.1, -0.05) is 18.2 Å². The van der Waals surface area contributed by atoms with E-state index in [9.17, 15) is 4.79 Å². The first kappa shape index (κ1) is 20.9. The number of amides is 1. The summed E-state index contributed by atoms with van der Waals surface area (Å²) in [4.78, 5) is 11.7. The standard InChI is InChI=1S/C14H22N2O2.C3H8N2/c1-14(2,3)18-13(17)16-12-8-6-5-7-11(12)9-10-15-4;1-4-5(2)3/h5-8,15H,9-10H2,1-4H3,(H,16,17);1H2,2-3H3. The largest absolute Gasteiger partial charge is 0.444 e. The molecule has 0 aromatic heterocycles. The first-order valence-corrected chi connectivity index (χ1v) is 7.56. The zero-order chi connectivity index (χ0) is 17.9. The molecular formula is C17H30N4O2. The van der Waals surface area contributed by atoms with Crippen LogP contribution in [0.15, 0.2) is 29.4 Å². The molecule has 0 saturated carbocycles. The van der Waals surface area contributed by atoms with Crippen molar-refractivity contribution in [1.82, 2.24) is 10.3 Å². The van der Waals surface area contributed by atoms with Gasteiger partial charge in [-0.15, -0.1) is 0 Å². The lowest BCUT2D eigenvalue weighted by Gasteiger charge is -2.20. The van der Waals surface area contributed by atoms with E-state index in [-0.39, 0.29) is 0 Å². The third-order valence-electron chi connectivity index (χ3n) is 2.58. The molecule has 6 heteroatoms. The lowest BCUT2D eigenvalue weighted by Crippen LogP contribution is -2.27.